The zero-order chi connectivity index (χ0) is 15.8. The fourth-order valence-electron chi connectivity index (χ4n) is 3.37. The Morgan fingerprint density at radius 2 is 1.77 bits per heavy atom. The van der Waals surface area contributed by atoms with Crippen LogP contribution in [0.3, 0.4) is 0 Å². The first-order chi connectivity index (χ1) is 10.7. The topological polar surface area (TPSA) is 20.3 Å². The van der Waals surface area contributed by atoms with E-state index >= 15 is 0 Å². The number of ketones is 1. The molecule has 0 atom stereocenters. The highest BCUT2D eigenvalue weighted by Crippen LogP contribution is 2.21. The summed E-state index contributed by atoms with van der Waals surface area (Å²) in [6, 6.07) is 8.10. The van der Waals surface area contributed by atoms with Crippen LogP contribution in [0, 0.1) is 0 Å². The Bertz CT molecular complexity index is 461. The highest BCUT2D eigenvalue weighted by Gasteiger charge is 2.13. The van der Waals surface area contributed by atoms with Gasteiger partial charge in [0.05, 0.1) is 0 Å². The van der Waals surface area contributed by atoms with E-state index in [2.05, 4.69) is 24.8 Å². The summed E-state index contributed by atoms with van der Waals surface area (Å²) >= 11 is 0. The van der Waals surface area contributed by atoms with Gasteiger partial charge in [-0.05, 0) is 56.8 Å². The standard InChI is InChI=1S/C20H31NO/c1-17(2)18-11-6-7-12-19(18)20(22)13-5-3-8-14-21-15-9-4-10-16-21/h6-7,11-12,17H,3-5,8-10,13-16H2,1-2H3. The molecule has 1 saturated heterocycles. The van der Waals surface area contributed by atoms with Gasteiger partial charge in [0.2, 0.25) is 0 Å². The molecule has 22 heavy (non-hydrogen) atoms. The number of benzene rings is 1. The monoisotopic (exact) mass is 301 g/mol. The number of likely N-dealkylation sites (tertiary alicyclic amines) is 1. The molecule has 0 spiro atoms. The van der Waals surface area contributed by atoms with Gasteiger partial charge in [0, 0.05) is 12.0 Å². The van der Waals surface area contributed by atoms with Crippen molar-refractivity contribution in [2.75, 3.05) is 19.6 Å². The van der Waals surface area contributed by atoms with E-state index in [1.165, 1.54) is 57.3 Å². The summed E-state index contributed by atoms with van der Waals surface area (Å²) in [6.07, 6.45) is 8.27. The Balaban J connectivity index is 1.69. The predicted octanol–water partition coefficient (Wildman–Crippen LogP) is 5.04. The van der Waals surface area contributed by atoms with Crippen LogP contribution in [0.15, 0.2) is 24.3 Å². The lowest BCUT2D eigenvalue weighted by atomic mass is 9.93. The molecule has 0 aliphatic carbocycles. The molecular weight excluding hydrogens is 270 g/mol. The van der Waals surface area contributed by atoms with Gasteiger partial charge in [-0.15, -0.1) is 0 Å². The molecule has 1 aromatic rings. The first-order valence-electron chi connectivity index (χ1n) is 9.03. The molecule has 2 rings (SSSR count). The first-order valence-corrected chi connectivity index (χ1v) is 9.03. The second kappa shape index (κ2) is 9.09. The van der Waals surface area contributed by atoms with Crippen LogP contribution in [-0.4, -0.2) is 30.3 Å². The molecule has 1 aliphatic rings. The van der Waals surface area contributed by atoms with Crippen molar-refractivity contribution in [2.45, 2.75) is 64.7 Å². The fraction of sp³-hybridized carbons (Fsp3) is 0.650. The van der Waals surface area contributed by atoms with Crippen molar-refractivity contribution in [1.82, 2.24) is 4.90 Å². The van der Waals surface area contributed by atoms with Gasteiger partial charge < -0.3 is 4.90 Å². The quantitative estimate of drug-likeness (QED) is 0.495. The van der Waals surface area contributed by atoms with Crippen LogP contribution in [0.5, 0.6) is 0 Å². The minimum Gasteiger partial charge on any atom is -0.303 e. The average Bonchev–Trinajstić information content (AvgIpc) is 2.55. The number of rotatable bonds is 8. The summed E-state index contributed by atoms with van der Waals surface area (Å²) in [6.45, 7) is 8.09. The van der Waals surface area contributed by atoms with Crippen LogP contribution >= 0.6 is 0 Å². The van der Waals surface area contributed by atoms with Crippen molar-refractivity contribution in [1.29, 1.82) is 0 Å². The largest absolute Gasteiger partial charge is 0.303 e. The normalized spacial score (nSPS) is 16.1. The second-order valence-corrected chi connectivity index (χ2v) is 6.88. The van der Waals surface area contributed by atoms with Crippen molar-refractivity contribution in [3.63, 3.8) is 0 Å². The Hall–Kier alpha value is -1.15. The van der Waals surface area contributed by atoms with Crippen LogP contribution < -0.4 is 0 Å². The molecule has 1 aromatic carbocycles. The molecule has 1 heterocycles. The van der Waals surface area contributed by atoms with E-state index in [-0.39, 0.29) is 0 Å². The lowest BCUT2D eigenvalue weighted by Gasteiger charge is -2.26. The Labute approximate surface area is 135 Å². The van der Waals surface area contributed by atoms with Gasteiger partial charge in [0.1, 0.15) is 0 Å². The van der Waals surface area contributed by atoms with Gasteiger partial charge >= 0.3 is 0 Å². The third-order valence-electron chi connectivity index (χ3n) is 4.71. The highest BCUT2D eigenvalue weighted by atomic mass is 16.1. The van der Waals surface area contributed by atoms with Crippen LogP contribution in [0.1, 0.15) is 80.6 Å². The van der Waals surface area contributed by atoms with E-state index in [9.17, 15) is 4.79 Å². The van der Waals surface area contributed by atoms with Gasteiger partial charge in [-0.1, -0.05) is 51.0 Å². The minimum absolute atomic E-state index is 0.322. The van der Waals surface area contributed by atoms with Crippen molar-refractivity contribution in [3.8, 4) is 0 Å². The summed E-state index contributed by atoms with van der Waals surface area (Å²) in [5, 5.41) is 0. The summed E-state index contributed by atoms with van der Waals surface area (Å²) in [5.41, 5.74) is 2.13. The van der Waals surface area contributed by atoms with Gasteiger partial charge in [-0.2, -0.15) is 0 Å². The summed E-state index contributed by atoms with van der Waals surface area (Å²) in [5.74, 6) is 0.738. The molecule has 0 saturated carbocycles. The van der Waals surface area contributed by atoms with Gasteiger partial charge in [0.25, 0.3) is 0 Å². The van der Waals surface area contributed by atoms with Crippen LogP contribution in [0.25, 0.3) is 0 Å². The molecule has 0 radical (unpaired) electrons. The molecule has 0 unspecified atom stereocenters. The van der Waals surface area contributed by atoms with Crippen LogP contribution in [0.2, 0.25) is 0 Å². The average molecular weight is 301 g/mol. The second-order valence-electron chi connectivity index (χ2n) is 6.88. The van der Waals surface area contributed by atoms with Gasteiger partial charge in [0.15, 0.2) is 5.78 Å². The van der Waals surface area contributed by atoms with E-state index in [1.54, 1.807) is 0 Å². The van der Waals surface area contributed by atoms with E-state index in [4.69, 9.17) is 0 Å². The number of nitrogens with zero attached hydrogens (tertiary/aromatic N) is 1. The number of piperidine rings is 1. The maximum atomic E-state index is 12.4. The van der Waals surface area contributed by atoms with Crippen molar-refractivity contribution in [2.24, 2.45) is 0 Å². The molecule has 2 heteroatoms. The smallest absolute Gasteiger partial charge is 0.163 e. The molecule has 0 amide bonds. The van der Waals surface area contributed by atoms with Crippen molar-refractivity contribution >= 4 is 5.78 Å². The van der Waals surface area contributed by atoms with Crippen LogP contribution in [-0.2, 0) is 0 Å². The van der Waals surface area contributed by atoms with Crippen LogP contribution in [0.4, 0.5) is 0 Å². The lowest BCUT2D eigenvalue weighted by Crippen LogP contribution is -2.30. The molecule has 2 nitrogen and oxygen atoms in total. The first kappa shape index (κ1) is 17.2. The number of carbonyl (C=O) groups excluding carboxylic acids is 1. The molecule has 0 bridgehead atoms. The van der Waals surface area contributed by atoms with E-state index in [0.717, 1.165) is 12.0 Å². The van der Waals surface area contributed by atoms with E-state index in [1.807, 2.05) is 18.2 Å². The van der Waals surface area contributed by atoms with E-state index < -0.39 is 0 Å². The lowest BCUT2D eigenvalue weighted by molar-refractivity contribution is 0.0977. The number of hydrogen-bond donors (Lipinski definition) is 0. The van der Waals surface area contributed by atoms with Crippen molar-refractivity contribution < 1.29 is 4.79 Å². The number of Topliss-reactive ketones (excluding diaryl/α,β-unsaturated/α-hetero) is 1. The summed E-state index contributed by atoms with van der Waals surface area (Å²) in [4.78, 5) is 15.0. The number of unbranched alkanes of at least 4 members (excludes halogenated alkanes) is 2. The molecule has 1 fully saturated rings. The minimum atomic E-state index is 0.322. The maximum Gasteiger partial charge on any atom is 0.163 e. The maximum absolute atomic E-state index is 12.4. The summed E-state index contributed by atoms with van der Waals surface area (Å²) in [7, 11) is 0. The highest BCUT2D eigenvalue weighted by molar-refractivity contribution is 5.97. The van der Waals surface area contributed by atoms with E-state index in [0.29, 0.717) is 18.1 Å². The summed E-state index contributed by atoms with van der Waals surface area (Å²) < 4.78 is 0. The number of hydrogen-bond acceptors (Lipinski definition) is 2. The zero-order valence-corrected chi connectivity index (χ0v) is 14.3. The molecule has 0 N–H and O–H groups in total. The third-order valence-corrected chi connectivity index (χ3v) is 4.71. The predicted molar refractivity (Wildman–Crippen MR) is 93.6 cm³/mol. The van der Waals surface area contributed by atoms with Gasteiger partial charge in [-0.3, -0.25) is 4.79 Å². The Morgan fingerprint density at radius 3 is 2.50 bits per heavy atom. The SMILES string of the molecule is CC(C)c1ccccc1C(=O)CCCCCN1CCCCC1. The molecule has 122 valence electrons. The zero-order valence-electron chi connectivity index (χ0n) is 14.3. The van der Waals surface area contributed by atoms with Crippen molar-refractivity contribution in [3.05, 3.63) is 35.4 Å². The Morgan fingerprint density at radius 1 is 1.05 bits per heavy atom. The molecular formula is C20H31NO. The number of carbonyl (C=O) groups is 1. The fourth-order valence-corrected chi connectivity index (χ4v) is 3.37. The molecule has 1 aliphatic heterocycles. The molecule has 0 aromatic heterocycles. The Kier molecular flexibility index (Phi) is 7.11. The third kappa shape index (κ3) is 5.24. The van der Waals surface area contributed by atoms with Gasteiger partial charge in [-0.25, -0.2) is 0 Å².